The molecule has 1 N–H and O–H groups in total. The number of fused-ring (bicyclic) bond motifs is 1. The van der Waals surface area contributed by atoms with Crippen LogP contribution in [0.1, 0.15) is 10.4 Å². The number of nitrogens with one attached hydrogen (secondary N) is 1. The van der Waals surface area contributed by atoms with Crippen molar-refractivity contribution in [2.24, 2.45) is 4.99 Å². The fourth-order valence-corrected chi connectivity index (χ4v) is 5.28. The second-order valence-electron chi connectivity index (χ2n) is 7.22. The summed E-state index contributed by atoms with van der Waals surface area (Å²) in [5.74, 6) is -2.35. The molecule has 3 aromatic carbocycles. The second kappa shape index (κ2) is 9.76. The summed E-state index contributed by atoms with van der Waals surface area (Å²) in [4.78, 5) is 28.9. The van der Waals surface area contributed by atoms with Crippen LogP contribution in [0.15, 0.2) is 76.6 Å². The molecule has 0 atom stereocenters. The Morgan fingerprint density at radius 2 is 1.74 bits per heavy atom. The summed E-state index contributed by atoms with van der Waals surface area (Å²) in [6.45, 7) is -0.244. The number of sulfonamides is 1. The number of aromatic nitrogens is 1. The molecule has 180 valence electrons. The average molecular weight is 518 g/mol. The highest BCUT2D eigenvalue weighted by Gasteiger charge is 2.16. The van der Waals surface area contributed by atoms with Gasteiger partial charge in [0.25, 0.3) is 15.9 Å². The summed E-state index contributed by atoms with van der Waals surface area (Å²) in [5, 5.41) is 0. The van der Waals surface area contributed by atoms with Crippen molar-refractivity contribution >= 4 is 49.1 Å². The molecular weight excluding hydrogens is 500 g/mol. The standard InChI is InChI=1S/C23H17F2N3O5S2/c1-33-21(29)13-28-19-10-7-16(25)12-20(19)34-23(28)26-22(30)14-3-2-4-17(11-14)27-35(31,32)18-8-5-15(24)6-9-18/h2-12,27H,13H2,1H3. The van der Waals surface area contributed by atoms with E-state index < -0.39 is 33.5 Å². The van der Waals surface area contributed by atoms with Gasteiger partial charge in [-0.25, -0.2) is 17.2 Å². The SMILES string of the molecule is COC(=O)Cn1c(=NC(=O)c2cccc(NS(=O)(=O)c3ccc(F)cc3)c2)sc2cc(F)ccc21. The highest BCUT2D eigenvalue weighted by atomic mass is 32.2. The molecular formula is C23H17F2N3O5S2. The Kier molecular flexibility index (Phi) is 6.76. The number of anilines is 1. The summed E-state index contributed by atoms with van der Waals surface area (Å²) in [6.07, 6.45) is 0. The Bertz CT molecular complexity index is 1610. The molecule has 1 heterocycles. The van der Waals surface area contributed by atoms with Gasteiger partial charge in [0.15, 0.2) is 4.80 Å². The summed E-state index contributed by atoms with van der Waals surface area (Å²) >= 11 is 1.01. The first-order chi connectivity index (χ1) is 16.7. The minimum atomic E-state index is -4.02. The summed E-state index contributed by atoms with van der Waals surface area (Å²) < 4.78 is 60.9. The zero-order valence-corrected chi connectivity index (χ0v) is 19.7. The number of ether oxygens (including phenoxy) is 1. The number of amides is 1. The van der Waals surface area contributed by atoms with Gasteiger partial charge in [0.2, 0.25) is 0 Å². The summed E-state index contributed by atoms with van der Waals surface area (Å²) in [7, 11) is -2.80. The lowest BCUT2D eigenvalue weighted by atomic mass is 10.2. The molecule has 0 aliphatic carbocycles. The van der Waals surface area contributed by atoms with Crippen LogP contribution in [0.3, 0.4) is 0 Å². The number of thiazole rings is 1. The first kappa shape index (κ1) is 24.2. The van der Waals surface area contributed by atoms with Gasteiger partial charge in [-0.1, -0.05) is 17.4 Å². The van der Waals surface area contributed by atoms with Gasteiger partial charge in [-0.2, -0.15) is 4.99 Å². The lowest BCUT2D eigenvalue weighted by Crippen LogP contribution is -2.22. The smallest absolute Gasteiger partial charge is 0.325 e. The minimum Gasteiger partial charge on any atom is -0.468 e. The number of halogens is 2. The molecule has 0 spiro atoms. The van der Waals surface area contributed by atoms with E-state index in [1.807, 2.05) is 0 Å². The van der Waals surface area contributed by atoms with Gasteiger partial charge in [0.05, 0.1) is 22.2 Å². The monoisotopic (exact) mass is 517 g/mol. The molecule has 12 heteroatoms. The van der Waals surface area contributed by atoms with Gasteiger partial charge in [-0.3, -0.25) is 14.3 Å². The zero-order chi connectivity index (χ0) is 25.2. The molecule has 0 saturated carbocycles. The van der Waals surface area contributed by atoms with Crippen LogP contribution in [0.2, 0.25) is 0 Å². The average Bonchev–Trinajstić information content (AvgIpc) is 3.14. The van der Waals surface area contributed by atoms with Crippen LogP contribution in [-0.4, -0.2) is 32.0 Å². The summed E-state index contributed by atoms with van der Waals surface area (Å²) in [6, 6.07) is 13.9. The number of hydrogen-bond acceptors (Lipinski definition) is 6. The molecule has 0 fully saturated rings. The molecule has 1 aromatic heterocycles. The molecule has 0 aliphatic heterocycles. The van der Waals surface area contributed by atoms with Crippen LogP contribution in [0.5, 0.6) is 0 Å². The van der Waals surface area contributed by atoms with E-state index in [2.05, 4.69) is 9.71 Å². The molecule has 35 heavy (non-hydrogen) atoms. The van der Waals surface area contributed by atoms with E-state index in [4.69, 9.17) is 4.74 Å². The fraction of sp³-hybridized carbons (Fsp3) is 0.0870. The van der Waals surface area contributed by atoms with Crippen molar-refractivity contribution < 1.29 is 31.5 Å². The number of carbonyl (C=O) groups is 2. The van der Waals surface area contributed by atoms with Gasteiger partial charge < -0.3 is 9.30 Å². The van der Waals surface area contributed by atoms with E-state index in [9.17, 15) is 26.8 Å². The van der Waals surface area contributed by atoms with Crippen molar-refractivity contribution in [2.75, 3.05) is 11.8 Å². The predicted molar refractivity (Wildman–Crippen MR) is 125 cm³/mol. The Balaban J connectivity index is 1.68. The third-order valence-corrected chi connectivity index (χ3v) is 7.28. The Labute approximate surface area is 202 Å². The first-order valence-corrected chi connectivity index (χ1v) is 12.3. The Hall–Kier alpha value is -3.90. The topological polar surface area (TPSA) is 107 Å². The van der Waals surface area contributed by atoms with E-state index >= 15 is 0 Å². The van der Waals surface area contributed by atoms with Crippen molar-refractivity contribution in [1.82, 2.24) is 4.57 Å². The van der Waals surface area contributed by atoms with Crippen molar-refractivity contribution in [2.45, 2.75) is 11.4 Å². The molecule has 4 rings (SSSR count). The lowest BCUT2D eigenvalue weighted by molar-refractivity contribution is -0.141. The quantitative estimate of drug-likeness (QED) is 0.393. The van der Waals surface area contributed by atoms with Gasteiger partial charge >= 0.3 is 5.97 Å². The van der Waals surface area contributed by atoms with Crippen molar-refractivity contribution in [1.29, 1.82) is 0 Å². The number of esters is 1. The highest BCUT2D eigenvalue weighted by molar-refractivity contribution is 7.92. The van der Waals surface area contributed by atoms with Crippen LogP contribution in [-0.2, 0) is 26.1 Å². The maximum Gasteiger partial charge on any atom is 0.325 e. The number of rotatable bonds is 6. The van der Waals surface area contributed by atoms with Gasteiger partial charge in [-0.05, 0) is 60.7 Å². The maximum absolute atomic E-state index is 13.7. The fourth-order valence-electron chi connectivity index (χ4n) is 3.17. The molecule has 4 aromatic rings. The molecule has 0 saturated heterocycles. The van der Waals surface area contributed by atoms with Gasteiger partial charge in [0.1, 0.15) is 18.2 Å². The van der Waals surface area contributed by atoms with Gasteiger partial charge in [-0.15, -0.1) is 0 Å². The third kappa shape index (κ3) is 5.44. The number of nitrogens with zero attached hydrogens (tertiary/aromatic N) is 2. The van der Waals surface area contributed by atoms with E-state index in [1.54, 1.807) is 0 Å². The molecule has 1 amide bonds. The normalized spacial score (nSPS) is 12.0. The van der Waals surface area contributed by atoms with Crippen molar-refractivity contribution in [3.8, 4) is 0 Å². The summed E-state index contributed by atoms with van der Waals surface area (Å²) in [5.41, 5.74) is 0.656. The van der Waals surface area contributed by atoms with Crippen LogP contribution in [0.25, 0.3) is 10.2 Å². The van der Waals surface area contributed by atoms with Crippen LogP contribution < -0.4 is 9.52 Å². The molecule has 8 nitrogen and oxygen atoms in total. The van der Waals surface area contributed by atoms with Crippen molar-refractivity contribution in [3.63, 3.8) is 0 Å². The Morgan fingerprint density at radius 3 is 2.46 bits per heavy atom. The Morgan fingerprint density at radius 1 is 1.03 bits per heavy atom. The largest absolute Gasteiger partial charge is 0.468 e. The lowest BCUT2D eigenvalue weighted by Gasteiger charge is -2.09. The van der Waals surface area contributed by atoms with Crippen molar-refractivity contribution in [3.05, 3.63) is 88.7 Å². The van der Waals surface area contributed by atoms with Gasteiger partial charge in [0, 0.05) is 11.3 Å². The molecule has 0 radical (unpaired) electrons. The van der Waals surface area contributed by atoms with Crippen LogP contribution in [0, 0.1) is 11.6 Å². The zero-order valence-electron chi connectivity index (χ0n) is 18.1. The number of methoxy groups -OCH3 is 1. The first-order valence-electron chi connectivity index (χ1n) is 9.99. The number of carbonyl (C=O) groups excluding carboxylic acids is 2. The second-order valence-corrected chi connectivity index (χ2v) is 9.91. The van der Waals surface area contributed by atoms with E-state index in [0.29, 0.717) is 10.2 Å². The molecule has 0 bridgehead atoms. The predicted octanol–water partition coefficient (Wildman–Crippen LogP) is 3.70. The number of hydrogen-bond donors (Lipinski definition) is 1. The third-order valence-electron chi connectivity index (χ3n) is 4.84. The highest BCUT2D eigenvalue weighted by Crippen LogP contribution is 2.20. The van der Waals surface area contributed by atoms with Crippen LogP contribution in [0.4, 0.5) is 14.5 Å². The van der Waals surface area contributed by atoms with E-state index in [-0.39, 0.29) is 27.5 Å². The molecule has 0 aliphatic rings. The van der Waals surface area contributed by atoms with E-state index in [0.717, 1.165) is 35.6 Å². The van der Waals surface area contributed by atoms with E-state index in [1.165, 1.54) is 54.1 Å². The molecule has 0 unspecified atom stereocenters. The van der Waals surface area contributed by atoms with Crippen LogP contribution >= 0.6 is 11.3 Å². The number of benzene rings is 3. The maximum atomic E-state index is 13.7. The minimum absolute atomic E-state index is 0.0672.